The molecule has 1 saturated heterocycles. The average molecular weight is 268 g/mol. The summed E-state index contributed by atoms with van der Waals surface area (Å²) in [7, 11) is 0. The summed E-state index contributed by atoms with van der Waals surface area (Å²) in [4.78, 5) is 11.3. The number of rotatable bonds is 3. The maximum Gasteiger partial charge on any atom is 0.129 e. The smallest absolute Gasteiger partial charge is 0.129 e. The summed E-state index contributed by atoms with van der Waals surface area (Å²) in [6, 6.07) is 8.69. The highest BCUT2D eigenvalue weighted by molar-refractivity contribution is 5.46. The Kier molecular flexibility index (Phi) is 3.65. The van der Waals surface area contributed by atoms with Gasteiger partial charge in [0, 0.05) is 31.2 Å². The van der Waals surface area contributed by atoms with Gasteiger partial charge in [0.15, 0.2) is 0 Å². The molecular formula is C16H20N4. The van der Waals surface area contributed by atoms with Gasteiger partial charge in [-0.15, -0.1) is 0 Å². The first-order valence-electron chi connectivity index (χ1n) is 7.12. The van der Waals surface area contributed by atoms with Gasteiger partial charge in [0.1, 0.15) is 5.82 Å². The van der Waals surface area contributed by atoms with Crippen molar-refractivity contribution in [1.29, 1.82) is 0 Å². The molecule has 0 spiro atoms. The van der Waals surface area contributed by atoms with E-state index in [0.29, 0.717) is 12.6 Å². The molecule has 1 fully saturated rings. The van der Waals surface area contributed by atoms with E-state index in [1.54, 1.807) is 0 Å². The van der Waals surface area contributed by atoms with Gasteiger partial charge in [-0.1, -0.05) is 6.07 Å². The van der Waals surface area contributed by atoms with Crippen LogP contribution in [-0.2, 0) is 6.54 Å². The molecule has 1 aliphatic rings. The highest BCUT2D eigenvalue weighted by Crippen LogP contribution is 2.35. The van der Waals surface area contributed by atoms with E-state index < -0.39 is 0 Å². The molecule has 3 rings (SSSR count). The first-order valence-corrected chi connectivity index (χ1v) is 7.12. The molecule has 1 aliphatic heterocycles. The average Bonchev–Trinajstić information content (AvgIpc) is 2.97. The first kappa shape index (κ1) is 13.1. The second kappa shape index (κ2) is 5.59. The molecule has 2 aromatic rings. The highest BCUT2D eigenvalue weighted by atomic mass is 15.2. The fourth-order valence-corrected chi connectivity index (χ4v) is 2.95. The minimum atomic E-state index is 0.378. The number of aromatic nitrogens is 2. The van der Waals surface area contributed by atoms with Crippen molar-refractivity contribution in [1.82, 2.24) is 9.97 Å². The molecule has 0 aromatic carbocycles. The summed E-state index contributed by atoms with van der Waals surface area (Å²) in [6.07, 6.45) is 6.12. The second-order valence-electron chi connectivity index (χ2n) is 5.32. The minimum Gasteiger partial charge on any atom is -0.350 e. The lowest BCUT2D eigenvalue weighted by Crippen LogP contribution is -2.24. The van der Waals surface area contributed by atoms with E-state index in [1.807, 2.05) is 25.4 Å². The van der Waals surface area contributed by atoms with Crippen LogP contribution in [0.2, 0.25) is 0 Å². The highest BCUT2D eigenvalue weighted by Gasteiger charge is 2.27. The van der Waals surface area contributed by atoms with Crippen LogP contribution in [0, 0.1) is 6.92 Å². The third kappa shape index (κ3) is 2.51. The Bertz CT molecular complexity index is 582. The zero-order valence-electron chi connectivity index (χ0n) is 11.8. The lowest BCUT2D eigenvalue weighted by atomic mass is 10.1. The second-order valence-corrected chi connectivity index (χ2v) is 5.32. The Balaban J connectivity index is 1.94. The third-order valence-electron chi connectivity index (χ3n) is 3.85. The van der Waals surface area contributed by atoms with Gasteiger partial charge < -0.3 is 10.6 Å². The van der Waals surface area contributed by atoms with Gasteiger partial charge in [0.25, 0.3) is 0 Å². The van der Waals surface area contributed by atoms with Gasteiger partial charge in [-0.25, -0.2) is 4.98 Å². The monoisotopic (exact) mass is 268 g/mol. The van der Waals surface area contributed by atoms with Gasteiger partial charge in [-0.05, 0) is 49.1 Å². The summed E-state index contributed by atoms with van der Waals surface area (Å²) in [5.41, 5.74) is 9.21. The lowest BCUT2D eigenvalue weighted by Gasteiger charge is -2.26. The third-order valence-corrected chi connectivity index (χ3v) is 3.85. The largest absolute Gasteiger partial charge is 0.350 e. The standard InChI is InChI=1S/C16H20N4/c1-12-8-13(10-17)9-16(19-12)20-7-3-5-15(20)14-4-2-6-18-11-14/h2,4,6,8-9,11,15H,3,5,7,10,17H2,1H3. The van der Waals surface area contributed by atoms with Crippen molar-refractivity contribution in [3.8, 4) is 0 Å². The molecule has 0 bridgehead atoms. The van der Waals surface area contributed by atoms with E-state index in [4.69, 9.17) is 5.73 Å². The van der Waals surface area contributed by atoms with Crippen molar-refractivity contribution in [3.05, 3.63) is 53.5 Å². The first-order chi connectivity index (χ1) is 9.78. The van der Waals surface area contributed by atoms with Crippen molar-refractivity contribution in [2.75, 3.05) is 11.4 Å². The van der Waals surface area contributed by atoms with Gasteiger partial charge in [0.05, 0.1) is 6.04 Å². The molecule has 2 N–H and O–H groups in total. The summed E-state index contributed by atoms with van der Waals surface area (Å²) in [5, 5.41) is 0. The van der Waals surface area contributed by atoms with Gasteiger partial charge in [-0.3, -0.25) is 4.98 Å². The SMILES string of the molecule is Cc1cc(CN)cc(N2CCCC2c2cccnc2)n1. The summed E-state index contributed by atoms with van der Waals surface area (Å²) in [5.74, 6) is 1.04. The van der Waals surface area contributed by atoms with Crippen molar-refractivity contribution in [2.24, 2.45) is 5.73 Å². The molecule has 0 aliphatic carbocycles. The zero-order valence-corrected chi connectivity index (χ0v) is 11.8. The molecular weight excluding hydrogens is 248 g/mol. The predicted octanol–water partition coefficient (Wildman–Crippen LogP) is 2.59. The molecule has 0 amide bonds. The van der Waals surface area contributed by atoms with Crippen molar-refractivity contribution < 1.29 is 0 Å². The van der Waals surface area contributed by atoms with E-state index in [-0.39, 0.29) is 0 Å². The van der Waals surface area contributed by atoms with Crippen LogP contribution in [0.4, 0.5) is 5.82 Å². The number of pyridine rings is 2. The van der Waals surface area contributed by atoms with Gasteiger partial charge in [0.2, 0.25) is 0 Å². The van der Waals surface area contributed by atoms with Crippen molar-refractivity contribution in [2.45, 2.75) is 32.4 Å². The number of hydrogen-bond donors (Lipinski definition) is 1. The molecule has 1 atom stereocenters. The van der Waals surface area contributed by atoms with Crippen LogP contribution >= 0.6 is 0 Å². The number of hydrogen-bond acceptors (Lipinski definition) is 4. The molecule has 4 heteroatoms. The number of anilines is 1. The maximum atomic E-state index is 5.78. The van der Waals surface area contributed by atoms with Crippen LogP contribution in [0.25, 0.3) is 0 Å². The van der Waals surface area contributed by atoms with Gasteiger partial charge >= 0.3 is 0 Å². The number of nitrogens with zero attached hydrogens (tertiary/aromatic N) is 3. The fourth-order valence-electron chi connectivity index (χ4n) is 2.95. The Labute approximate surface area is 119 Å². The molecule has 0 radical (unpaired) electrons. The Morgan fingerprint density at radius 2 is 2.30 bits per heavy atom. The predicted molar refractivity (Wildman–Crippen MR) is 80.4 cm³/mol. The molecule has 104 valence electrons. The van der Waals surface area contributed by atoms with Crippen LogP contribution in [0.5, 0.6) is 0 Å². The van der Waals surface area contributed by atoms with Crippen LogP contribution < -0.4 is 10.6 Å². The van der Waals surface area contributed by atoms with E-state index in [9.17, 15) is 0 Å². The van der Waals surface area contributed by atoms with Crippen LogP contribution in [0.3, 0.4) is 0 Å². The molecule has 2 aromatic heterocycles. The Morgan fingerprint density at radius 3 is 3.05 bits per heavy atom. The van der Waals surface area contributed by atoms with Crippen LogP contribution in [0.1, 0.15) is 35.7 Å². The molecule has 1 unspecified atom stereocenters. The van der Waals surface area contributed by atoms with E-state index >= 15 is 0 Å². The topological polar surface area (TPSA) is 55.0 Å². The zero-order chi connectivity index (χ0) is 13.9. The maximum absolute atomic E-state index is 5.78. The molecule has 0 saturated carbocycles. The number of aryl methyl sites for hydroxylation is 1. The summed E-state index contributed by atoms with van der Waals surface area (Å²) >= 11 is 0. The fraction of sp³-hybridized carbons (Fsp3) is 0.375. The van der Waals surface area contributed by atoms with Crippen LogP contribution in [0.15, 0.2) is 36.7 Å². The quantitative estimate of drug-likeness (QED) is 0.929. The van der Waals surface area contributed by atoms with Crippen molar-refractivity contribution in [3.63, 3.8) is 0 Å². The van der Waals surface area contributed by atoms with E-state index in [1.165, 1.54) is 12.0 Å². The van der Waals surface area contributed by atoms with E-state index in [2.05, 4.69) is 33.1 Å². The summed E-state index contributed by atoms with van der Waals surface area (Å²) in [6.45, 7) is 3.62. The summed E-state index contributed by atoms with van der Waals surface area (Å²) < 4.78 is 0. The molecule has 4 nitrogen and oxygen atoms in total. The Hall–Kier alpha value is -1.94. The van der Waals surface area contributed by atoms with E-state index in [0.717, 1.165) is 30.0 Å². The van der Waals surface area contributed by atoms with Crippen LogP contribution in [-0.4, -0.2) is 16.5 Å². The van der Waals surface area contributed by atoms with Crippen molar-refractivity contribution >= 4 is 5.82 Å². The normalized spacial score (nSPS) is 18.5. The minimum absolute atomic E-state index is 0.378. The Morgan fingerprint density at radius 1 is 1.40 bits per heavy atom. The lowest BCUT2D eigenvalue weighted by molar-refractivity contribution is 0.706. The van der Waals surface area contributed by atoms with Gasteiger partial charge in [-0.2, -0.15) is 0 Å². The molecule has 3 heterocycles. The molecule has 20 heavy (non-hydrogen) atoms. The number of nitrogens with two attached hydrogens (primary N) is 1.